The van der Waals surface area contributed by atoms with Crippen molar-refractivity contribution in [1.29, 1.82) is 0 Å². The Morgan fingerprint density at radius 2 is 1.52 bits per heavy atom. The van der Waals surface area contributed by atoms with Crippen LogP contribution in [0.5, 0.6) is 11.5 Å². The molecule has 0 radical (unpaired) electrons. The van der Waals surface area contributed by atoms with Crippen molar-refractivity contribution in [3.63, 3.8) is 0 Å². The van der Waals surface area contributed by atoms with E-state index in [0.29, 0.717) is 54.2 Å². The van der Waals surface area contributed by atoms with Crippen LogP contribution in [0.15, 0.2) is 48.5 Å². The number of carboxylic acids is 1. The number of nitrogens with zero attached hydrogens (tertiary/aromatic N) is 1. The quantitative estimate of drug-likeness (QED) is 0.480. The highest BCUT2D eigenvalue weighted by Gasteiger charge is 2.36. The van der Waals surface area contributed by atoms with Crippen LogP contribution in [-0.4, -0.2) is 60.8 Å². The van der Waals surface area contributed by atoms with E-state index < -0.39 is 12.0 Å². The standard InChI is InChI=1S/C22H24Cl2N2O5.C2H6/c23-16-1-5-18(6-2-16)30-10-9-20(22(28)29)26-12-15(13-26)11-25-21(27)14-31-19-7-3-17(24)4-8-19;1-2/h1-8,15,20H,9-14H2,(H,25,27)(H,28,29);1-2H3. The molecule has 1 saturated heterocycles. The Kier molecular flexibility index (Phi) is 11.3. The number of nitrogens with one attached hydrogen (secondary N) is 1. The molecule has 1 amide bonds. The Hall–Kier alpha value is -2.48. The molecule has 2 aromatic rings. The highest BCUT2D eigenvalue weighted by Crippen LogP contribution is 2.21. The van der Waals surface area contributed by atoms with E-state index in [9.17, 15) is 14.7 Å². The van der Waals surface area contributed by atoms with Crippen LogP contribution in [0.4, 0.5) is 0 Å². The number of amides is 1. The van der Waals surface area contributed by atoms with Crippen molar-refractivity contribution in [2.75, 3.05) is 32.8 Å². The summed E-state index contributed by atoms with van der Waals surface area (Å²) in [4.78, 5) is 25.5. The molecule has 180 valence electrons. The molecule has 2 N–H and O–H groups in total. The van der Waals surface area contributed by atoms with Crippen molar-refractivity contribution >= 4 is 35.1 Å². The minimum absolute atomic E-state index is 0.0855. The van der Waals surface area contributed by atoms with Gasteiger partial charge in [-0.1, -0.05) is 37.0 Å². The molecule has 1 fully saturated rings. The number of halogens is 2. The predicted molar refractivity (Wildman–Crippen MR) is 129 cm³/mol. The third-order valence-electron chi connectivity index (χ3n) is 4.96. The fraction of sp³-hybridized carbons (Fsp3) is 0.417. The summed E-state index contributed by atoms with van der Waals surface area (Å²) >= 11 is 11.6. The first kappa shape index (κ1) is 26.8. The normalized spacial score (nSPS) is 14.3. The van der Waals surface area contributed by atoms with Gasteiger partial charge in [0.2, 0.25) is 0 Å². The average molecular weight is 497 g/mol. The molecular formula is C24H30Cl2N2O5. The van der Waals surface area contributed by atoms with Gasteiger partial charge in [-0.2, -0.15) is 0 Å². The molecular weight excluding hydrogens is 467 g/mol. The first-order valence-electron chi connectivity index (χ1n) is 10.9. The zero-order valence-electron chi connectivity index (χ0n) is 18.8. The summed E-state index contributed by atoms with van der Waals surface area (Å²) < 4.78 is 11.0. The zero-order chi connectivity index (χ0) is 24.2. The number of carboxylic acid groups (broad SMARTS) is 1. The maximum atomic E-state index is 12.0. The van der Waals surface area contributed by atoms with Crippen molar-refractivity contribution in [3.8, 4) is 11.5 Å². The van der Waals surface area contributed by atoms with Crippen LogP contribution >= 0.6 is 23.2 Å². The number of hydrogen-bond acceptors (Lipinski definition) is 5. The second-order valence-electron chi connectivity index (χ2n) is 7.31. The van der Waals surface area contributed by atoms with Crippen LogP contribution in [0.25, 0.3) is 0 Å². The largest absolute Gasteiger partial charge is 0.494 e. The van der Waals surface area contributed by atoms with E-state index in [-0.39, 0.29) is 18.4 Å². The molecule has 0 bridgehead atoms. The van der Waals surface area contributed by atoms with Crippen LogP contribution in [0.3, 0.4) is 0 Å². The Bertz CT molecular complexity index is 871. The van der Waals surface area contributed by atoms with Gasteiger partial charge in [-0.05, 0) is 48.5 Å². The molecule has 33 heavy (non-hydrogen) atoms. The van der Waals surface area contributed by atoms with Gasteiger partial charge in [0.1, 0.15) is 17.5 Å². The fourth-order valence-corrected chi connectivity index (χ4v) is 3.52. The Morgan fingerprint density at radius 3 is 2.03 bits per heavy atom. The number of benzene rings is 2. The van der Waals surface area contributed by atoms with Crippen molar-refractivity contribution in [2.24, 2.45) is 5.92 Å². The van der Waals surface area contributed by atoms with Crippen molar-refractivity contribution in [2.45, 2.75) is 26.3 Å². The van der Waals surface area contributed by atoms with Crippen molar-refractivity contribution in [3.05, 3.63) is 58.6 Å². The highest BCUT2D eigenvalue weighted by molar-refractivity contribution is 6.30. The van der Waals surface area contributed by atoms with Gasteiger partial charge >= 0.3 is 5.97 Å². The maximum Gasteiger partial charge on any atom is 0.321 e. The molecule has 1 heterocycles. The third kappa shape index (κ3) is 9.12. The van der Waals surface area contributed by atoms with E-state index in [0.717, 1.165) is 0 Å². The van der Waals surface area contributed by atoms with Gasteiger partial charge in [0.25, 0.3) is 5.91 Å². The molecule has 0 aromatic heterocycles. The molecule has 7 nitrogen and oxygen atoms in total. The highest BCUT2D eigenvalue weighted by atomic mass is 35.5. The van der Waals surface area contributed by atoms with E-state index >= 15 is 0 Å². The van der Waals surface area contributed by atoms with Crippen LogP contribution in [0, 0.1) is 5.92 Å². The summed E-state index contributed by atoms with van der Waals surface area (Å²) in [5, 5.41) is 13.6. The predicted octanol–water partition coefficient (Wildman–Crippen LogP) is 4.37. The molecule has 1 atom stereocenters. The number of rotatable bonds is 11. The molecule has 1 aliphatic rings. The summed E-state index contributed by atoms with van der Waals surface area (Å²) in [6, 6.07) is 13.1. The van der Waals surface area contributed by atoms with Crippen LogP contribution in [0.1, 0.15) is 20.3 Å². The Labute approximate surface area is 204 Å². The molecule has 1 aliphatic heterocycles. The van der Waals surface area contributed by atoms with E-state index in [1.807, 2.05) is 18.7 Å². The topological polar surface area (TPSA) is 88.1 Å². The van der Waals surface area contributed by atoms with E-state index in [1.54, 1.807) is 48.5 Å². The van der Waals surface area contributed by atoms with Crippen molar-refractivity contribution in [1.82, 2.24) is 10.2 Å². The molecule has 9 heteroatoms. The molecule has 0 aliphatic carbocycles. The number of carbonyl (C=O) groups is 2. The fourth-order valence-electron chi connectivity index (χ4n) is 3.26. The molecule has 2 aromatic carbocycles. The maximum absolute atomic E-state index is 12.0. The Balaban J connectivity index is 0.00000187. The number of aliphatic carboxylic acids is 1. The van der Waals surface area contributed by atoms with Gasteiger partial charge in [0.05, 0.1) is 6.61 Å². The zero-order valence-corrected chi connectivity index (χ0v) is 20.3. The Morgan fingerprint density at radius 1 is 1.00 bits per heavy atom. The van der Waals surface area contributed by atoms with E-state index in [1.165, 1.54) is 0 Å². The molecule has 1 unspecified atom stereocenters. The van der Waals surface area contributed by atoms with Gasteiger partial charge in [0, 0.05) is 42.0 Å². The monoisotopic (exact) mass is 496 g/mol. The van der Waals surface area contributed by atoms with Crippen molar-refractivity contribution < 1.29 is 24.2 Å². The van der Waals surface area contributed by atoms with Crippen LogP contribution in [0.2, 0.25) is 10.0 Å². The van der Waals surface area contributed by atoms with Gasteiger partial charge in [-0.25, -0.2) is 0 Å². The minimum Gasteiger partial charge on any atom is -0.494 e. The summed E-state index contributed by atoms with van der Waals surface area (Å²) in [7, 11) is 0. The van der Waals surface area contributed by atoms with Gasteiger partial charge < -0.3 is 19.9 Å². The van der Waals surface area contributed by atoms with E-state index in [4.69, 9.17) is 32.7 Å². The van der Waals surface area contributed by atoms with Crippen LogP contribution < -0.4 is 14.8 Å². The lowest BCUT2D eigenvalue weighted by atomic mass is 9.96. The summed E-state index contributed by atoms with van der Waals surface area (Å²) in [6.07, 6.45) is 0.367. The van der Waals surface area contributed by atoms with E-state index in [2.05, 4.69) is 5.32 Å². The number of hydrogen-bond donors (Lipinski definition) is 2. The smallest absolute Gasteiger partial charge is 0.321 e. The third-order valence-corrected chi connectivity index (χ3v) is 5.46. The number of ether oxygens (including phenoxy) is 2. The summed E-state index contributed by atoms with van der Waals surface area (Å²) in [6.45, 7) is 5.90. The second-order valence-corrected chi connectivity index (χ2v) is 8.18. The lowest BCUT2D eigenvalue weighted by molar-refractivity contribution is -0.147. The van der Waals surface area contributed by atoms with Gasteiger partial charge in [-0.15, -0.1) is 0 Å². The number of carbonyl (C=O) groups excluding carboxylic acids is 1. The number of likely N-dealkylation sites (tertiary alicyclic amines) is 1. The lowest BCUT2D eigenvalue weighted by Gasteiger charge is -2.42. The second kappa shape index (κ2) is 13.9. The van der Waals surface area contributed by atoms with Gasteiger partial charge in [0.15, 0.2) is 6.61 Å². The van der Waals surface area contributed by atoms with Crippen LogP contribution in [-0.2, 0) is 9.59 Å². The summed E-state index contributed by atoms with van der Waals surface area (Å²) in [5.41, 5.74) is 0. The van der Waals surface area contributed by atoms with Gasteiger partial charge in [-0.3, -0.25) is 14.5 Å². The average Bonchev–Trinajstić information content (AvgIpc) is 2.78. The SMILES string of the molecule is CC.O=C(COc1ccc(Cl)cc1)NCC1CN(C(CCOc2ccc(Cl)cc2)C(=O)O)C1. The molecule has 0 spiro atoms. The minimum atomic E-state index is -0.876. The molecule has 3 rings (SSSR count). The summed E-state index contributed by atoms with van der Waals surface area (Å²) in [5.74, 6) is 0.328. The lowest BCUT2D eigenvalue weighted by Crippen LogP contribution is -2.58. The molecule has 0 saturated carbocycles. The first-order valence-corrected chi connectivity index (χ1v) is 11.7. The first-order chi connectivity index (χ1) is 15.9.